The second-order valence-electron chi connectivity index (χ2n) is 6.25. The van der Waals surface area contributed by atoms with Gasteiger partial charge < -0.3 is 14.8 Å². The largest absolute Gasteiger partial charge is 0.486 e. The quantitative estimate of drug-likeness (QED) is 0.552. The number of hydrogen-bond donors (Lipinski definition) is 1. The molecule has 8 heteroatoms. The van der Waals surface area contributed by atoms with Gasteiger partial charge in [0.15, 0.2) is 0 Å². The highest BCUT2D eigenvalue weighted by Gasteiger charge is 2.13. The molecule has 0 fully saturated rings. The van der Waals surface area contributed by atoms with Gasteiger partial charge in [-0.15, -0.1) is 11.3 Å². The average Bonchev–Trinajstić information content (AvgIpc) is 3.15. The molecule has 3 aromatic rings. The molecule has 0 unspecified atom stereocenters. The molecule has 1 aromatic heterocycles. The van der Waals surface area contributed by atoms with Crippen molar-refractivity contribution in [1.29, 1.82) is 0 Å². The van der Waals surface area contributed by atoms with Crippen LogP contribution in [0.4, 0.5) is 5.69 Å². The van der Waals surface area contributed by atoms with E-state index in [0.717, 1.165) is 16.3 Å². The van der Waals surface area contributed by atoms with Gasteiger partial charge in [0.05, 0.1) is 35.5 Å². The number of rotatable bonds is 7. The zero-order chi connectivity index (χ0) is 20.8. The minimum absolute atomic E-state index is 0.0831. The lowest BCUT2D eigenvalue weighted by Gasteiger charge is -2.08. The summed E-state index contributed by atoms with van der Waals surface area (Å²) in [5.41, 5.74) is 2.45. The Hall–Kier alpha value is -2.90. The van der Waals surface area contributed by atoms with Crippen LogP contribution in [0.1, 0.15) is 26.6 Å². The zero-order valence-corrected chi connectivity index (χ0v) is 17.5. The number of thiazole rings is 1. The molecule has 0 aliphatic heterocycles. The van der Waals surface area contributed by atoms with E-state index in [1.165, 1.54) is 36.6 Å². The van der Waals surface area contributed by atoms with E-state index in [0.29, 0.717) is 28.6 Å². The van der Waals surface area contributed by atoms with Crippen LogP contribution in [0.25, 0.3) is 0 Å². The first-order valence-electron chi connectivity index (χ1n) is 8.75. The van der Waals surface area contributed by atoms with Crippen molar-refractivity contribution in [2.75, 3.05) is 12.4 Å². The molecular weight excluding hydrogens is 412 g/mol. The zero-order valence-electron chi connectivity index (χ0n) is 15.9. The van der Waals surface area contributed by atoms with Gasteiger partial charge in [-0.2, -0.15) is 0 Å². The number of hydrogen-bond acceptors (Lipinski definition) is 6. The van der Waals surface area contributed by atoms with E-state index in [9.17, 15) is 9.59 Å². The lowest BCUT2D eigenvalue weighted by atomic mass is 10.2. The predicted octanol–water partition coefficient (Wildman–Crippen LogP) is 4.65. The Labute approximate surface area is 177 Å². The number of esters is 1. The molecule has 0 atom stereocenters. The second kappa shape index (κ2) is 9.54. The van der Waals surface area contributed by atoms with Crippen LogP contribution >= 0.6 is 22.9 Å². The summed E-state index contributed by atoms with van der Waals surface area (Å²) in [5.74, 6) is -0.0228. The van der Waals surface area contributed by atoms with E-state index in [1.807, 2.05) is 36.6 Å². The first-order chi connectivity index (χ1) is 13.9. The Kier molecular flexibility index (Phi) is 6.85. The Morgan fingerprint density at radius 3 is 2.66 bits per heavy atom. The van der Waals surface area contributed by atoms with Crippen molar-refractivity contribution in [3.8, 4) is 5.75 Å². The normalized spacial score (nSPS) is 10.4. The summed E-state index contributed by atoms with van der Waals surface area (Å²) in [6.45, 7) is 2.35. The van der Waals surface area contributed by atoms with Crippen molar-refractivity contribution in [2.45, 2.75) is 20.0 Å². The fourth-order valence-electron chi connectivity index (χ4n) is 2.50. The molecular formula is C21H19ClN2O4S. The molecule has 0 aliphatic carbocycles. The van der Waals surface area contributed by atoms with Crippen molar-refractivity contribution in [3.63, 3.8) is 0 Å². The predicted molar refractivity (Wildman–Crippen MR) is 113 cm³/mol. The summed E-state index contributed by atoms with van der Waals surface area (Å²) >= 11 is 7.54. The van der Waals surface area contributed by atoms with Crippen LogP contribution in [-0.2, 0) is 22.6 Å². The summed E-state index contributed by atoms with van der Waals surface area (Å²) < 4.78 is 10.4. The molecule has 0 saturated carbocycles. The number of nitrogens with one attached hydrogen (secondary N) is 1. The molecule has 1 heterocycles. The van der Waals surface area contributed by atoms with Gasteiger partial charge in [-0.05, 0) is 37.3 Å². The molecule has 0 bridgehead atoms. The van der Waals surface area contributed by atoms with Crippen LogP contribution in [0.15, 0.2) is 47.8 Å². The SMILES string of the molecule is COC(=O)c1ccc(Cl)c(NC(=O)Cc2csc(COc3ccc(C)cc3)n2)c1. The summed E-state index contributed by atoms with van der Waals surface area (Å²) in [6.07, 6.45) is 0.0831. The third kappa shape index (κ3) is 5.79. The number of ether oxygens (including phenoxy) is 2. The van der Waals surface area contributed by atoms with Crippen molar-refractivity contribution in [3.05, 3.63) is 74.7 Å². The first-order valence-corrected chi connectivity index (χ1v) is 10.0. The fraction of sp³-hybridized carbons (Fsp3) is 0.190. The molecule has 6 nitrogen and oxygen atoms in total. The lowest BCUT2D eigenvalue weighted by Crippen LogP contribution is -2.15. The average molecular weight is 431 g/mol. The van der Waals surface area contributed by atoms with E-state index in [-0.39, 0.29) is 12.3 Å². The number of carbonyl (C=O) groups excluding carboxylic acids is 2. The molecule has 150 valence electrons. The van der Waals surface area contributed by atoms with Gasteiger partial charge >= 0.3 is 5.97 Å². The maximum absolute atomic E-state index is 12.4. The Morgan fingerprint density at radius 2 is 1.93 bits per heavy atom. The topological polar surface area (TPSA) is 77.5 Å². The van der Waals surface area contributed by atoms with Gasteiger partial charge in [-0.3, -0.25) is 4.79 Å². The Morgan fingerprint density at radius 1 is 1.17 bits per heavy atom. The minimum atomic E-state index is -0.505. The highest BCUT2D eigenvalue weighted by atomic mass is 35.5. The maximum Gasteiger partial charge on any atom is 0.337 e. The van der Waals surface area contributed by atoms with Gasteiger partial charge in [0.1, 0.15) is 17.4 Å². The third-order valence-electron chi connectivity index (χ3n) is 3.99. The summed E-state index contributed by atoms with van der Waals surface area (Å²) in [6, 6.07) is 12.3. The van der Waals surface area contributed by atoms with Crippen LogP contribution in [0.3, 0.4) is 0 Å². The van der Waals surface area contributed by atoms with Crippen molar-refractivity contribution >= 4 is 40.5 Å². The lowest BCUT2D eigenvalue weighted by molar-refractivity contribution is -0.115. The molecule has 1 amide bonds. The van der Waals surface area contributed by atoms with E-state index in [2.05, 4.69) is 15.0 Å². The third-order valence-corrected chi connectivity index (χ3v) is 5.19. The number of anilines is 1. The van der Waals surface area contributed by atoms with Crippen molar-refractivity contribution in [1.82, 2.24) is 4.98 Å². The van der Waals surface area contributed by atoms with Crippen molar-refractivity contribution < 1.29 is 19.1 Å². The van der Waals surface area contributed by atoms with Gasteiger partial charge in [0, 0.05) is 5.38 Å². The van der Waals surface area contributed by atoms with Gasteiger partial charge in [-0.25, -0.2) is 9.78 Å². The molecule has 2 aromatic carbocycles. The Bertz CT molecular complexity index is 1020. The highest BCUT2D eigenvalue weighted by Crippen LogP contribution is 2.24. The molecule has 0 aliphatic rings. The molecule has 1 N–H and O–H groups in total. The number of halogens is 1. The van der Waals surface area contributed by atoms with Crippen molar-refractivity contribution in [2.24, 2.45) is 0 Å². The standard InChI is InChI=1S/C21H19ClN2O4S/c1-13-3-6-16(7-4-13)28-11-20-23-15(12-29-20)10-19(25)24-18-9-14(21(26)27-2)5-8-17(18)22/h3-9,12H,10-11H2,1-2H3,(H,24,25). The fourth-order valence-corrected chi connectivity index (χ4v) is 3.37. The molecule has 3 rings (SSSR count). The highest BCUT2D eigenvalue weighted by molar-refractivity contribution is 7.09. The Balaban J connectivity index is 1.57. The molecule has 29 heavy (non-hydrogen) atoms. The number of benzene rings is 2. The number of aromatic nitrogens is 1. The van der Waals surface area contributed by atoms with E-state index < -0.39 is 5.97 Å². The van der Waals surface area contributed by atoms with Crippen LogP contribution in [-0.4, -0.2) is 24.0 Å². The molecule has 0 radical (unpaired) electrons. The number of aryl methyl sites for hydroxylation is 1. The van der Waals surface area contributed by atoms with E-state index in [4.69, 9.17) is 16.3 Å². The summed E-state index contributed by atoms with van der Waals surface area (Å²) in [7, 11) is 1.29. The summed E-state index contributed by atoms with van der Waals surface area (Å²) in [5, 5.41) is 5.63. The van der Waals surface area contributed by atoms with Gasteiger partial charge in [0.25, 0.3) is 0 Å². The smallest absolute Gasteiger partial charge is 0.337 e. The molecule has 0 spiro atoms. The van der Waals surface area contributed by atoms with Crippen LogP contribution in [0, 0.1) is 6.92 Å². The maximum atomic E-state index is 12.4. The number of methoxy groups -OCH3 is 1. The van der Waals surface area contributed by atoms with E-state index >= 15 is 0 Å². The summed E-state index contributed by atoms with van der Waals surface area (Å²) in [4.78, 5) is 28.4. The number of amides is 1. The van der Waals surface area contributed by atoms with Crippen LogP contribution < -0.4 is 10.1 Å². The van der Waals surface area contributed by atoms with Crippen LogP contribution in [0.2, 0.25) is 5.02 Å². The van der Waals surface area contributed by atoms with Gasteiger partial charge in [0.2, 0.25) is 5.91 Å². The van der Waals surface area contributed by atoms with Gasteiger partial charge in [-0.1, -0.05) is 29.3 Å². The monoisotopic (exact) mass is 430 g/mol. The second-order valence-corrected chi connectivity index (χ2v) is 7.60. The number of carbonyl (C=O) groups is 2. The van der Waals surface area contributed by atoms with Crippen LogP contribution in [0.5, 0.6) is 5.75 Å². The van der Waals surface area contributed by atoms with E-state index in [1.54, 1.807) is 0 Å². The molecule has 0 saturated heterocycles. The first kappa shape index (κ1) is 20.8. The minimum Gasteiger partial charge on any atom is -0.486 e. The number of nitrogens with zero attached hydrogens (tertiary/aromatic N) is 1.